The van der Waals surface area contributed by atoms with Crippen LogP contribution in [0.1, 0.15) is 0 Å². The second-order valence-electron chi connectivity index (χ2n) is 2.16. The largest absolute Gasteiger partial charge is 0.467 e. The summed E-state index contributed by atoms with van der Waals surface area (Å²) in [6.07, 6.45) is -2.60. The molecule has 0 saturated carbocycles. The molecule has 1 aromatic rings. The number of methoxy groups -OCH3 is 1. The summed E-state index contributed by atoms with van der Waals surface area (Å²) in [4.78, 5) is 10.6. The minimum Gasteiger partial charge on any atom is -0.467 e. The van der Waals surface area contributed by atoms with Crippen LogP contribution in [-0.4, -0.2) is 35.1 Å². The number of rotatable bonds is 4. The SMILES string of the molecule is COc1nc(N)nc(OCC(F)F)n1. The van der Waals surface area contributed by atoms with E-state index >= 15 is 0 Å². The highest BCUT2D eigenvalue weighted by Gasteiger charge is 2.08. The van der Waals surface area contributed by atoms with Crippen molar-refractivity contribution in [1.82, 2.24) is 15.0 Å². The van der Waals surface area contributed by atoms with Crippen LogP contribution in [0.25, 0.3) is 0 Å². The third-order valence-electron chi connectivity index (χ3n) is 1.13. The maximum Gasteiger partial charge on any atom is 0.324 e. The van der Waals surface area contributed by atoms with Gasteiger partial charge < -0.3 is 15.2 Å². The van der Waals surface area contributed by atoms with Crippen molar-refractivity contribution in [2.75, 3.05) is 19.5 Å². The van der Waals surface area contributed by atoms with E-state index in [0.717, 1.165) is 0 Å². The van der Waals surface area contributed by atoms with Gasteiger partial charge in [-0.2, -0.15) is 9.97 Å². The molecule has 1 aromatic heterocycles. The van der Waals surface area contributed by atoms with Crippen molar-refractivity contribution < 1.29 is 18.3 Å². The summed E-state index contributed by atoms with van der Waals surface area (Å²) >= 11 is 0. The Hall–Kier alpha value is -1.73. The molecule has 0 fully saturated rings. The quantitative estimate of drug-likeness (QED) is 0.752. The summed E-state index contributed by atoms with van der Waals surface area (Å²) in [6.45, 7) is -0.799. The zero-order chi connectivity index (χ0) is 10.6. The number of hydrogen-bond acceptors (Lipinski definition) is 6. The standard InChI is InChI=1S/C6H8F2N4O2/c1-13-5-10-4(9)11-6(12-5)14-2-3(7)8/h3H,2H2,1H3,(H2,9,10,11,12). The molecule has 0 amide bonds. The smallest absolute Gasteiger partial charge is 0.324 e. The Morgan fingerprint density at radius 3 is 2.50 bits per heavy atom. The van der Waals surface area contributed by atoms with Gasteiger partial charge in [0.2, 0.25) is 5.95 Å². The number of nitrogens with two attached hydrogens (primary N) is 1. The average Bonchev–Trinajstić information content (AvgIpc) is 2.14. The molecule has 0 spiro atoms. The van der Waals surface area contributed by atoms with Crippen molar-refractivity contribution in [3.05, 3.63) is 0 Å². The molecule has 6 nitrogen and oxygen atoms in total. The van der Waals surface area contributed by atoms with Crippen molar-refractivity contribution in [3.63, 3.8) is 0 Å². The van der Waals surface area contributed by atoms with Crippen LogP contribution in [0.3, 0.4) is 0 Å². The van der Waals surface area contributed by atoms with E-state index in [-0.39, 0.29) is 18.0 Å². The highest BCUT2D eigenvalue weighted by atomic mass is 19.3. The van der Waals surface area contributed by atoms with Gasteiger partial charge in [-0.3, -0.25) is 0 Å². The van der Waals surface area contributed by atoms with E-state index in [2.05, 4.69) is 24.4 Å². The van der Waals surface area contributed by atoms with Gasteiger partial charge in [0, 0.05) is 0 Å². The Morgan fingerprint density at radius 2 is 1.93 bits per heavy atom. The number of nitrogen functional groups attached to an aromatic ring is 1. The molecule has 1 heterocycles. The molecule has 0 aliphatic rings. The summed E-state index contributed by atoms with van der Waals surface area (Å²) in [5, 5.41) is 0. The lowest BCUT2D eigenvalue weighted by Gasteiger charge is -2.04. The lowest BCUT2D eigenvalue weighted by atomic mass is 10.8. The molecule has 14 heavy (non-hydrogen) atoms. The van der Waals surface area contributed by atoms with Crippen LogP contribution >= 0.6 is 0 Å². The first-order chi connectivity index (χ1) is 6.61. The zero-order valence-corrected chi connectivity index (χ0v) is 7.28. The molecule has 0 aliphatic heterocycles. The summed E-state index contributed by atoms with van der Waals surface area (Å²) in [5.41, 5.74) is 5.23. The predicted molar refractivity (Wildman–Crippen MR) is 42.3 cm³/mol. The third kappa shape index (κ3) is 2.96. The van der Waals surface area contributed by atoms with Gasteiger partial charge in [-0.1, -0.05) is 0 Å². The maximum absolute atomic E-state index is 11.7. The summed E-state index contributed by atoms with van der Waals surface area (Å²) in [5.74, 6) is -0.152. The molecule has 0 aromatic carbocycles. The van der Waals surface area contributed by atoms with E-state index in [1.54, 1.807) is 0 Å². The highest BCUT2D eigenvalue weighted by Crippen LogP contribution is 2.10. The highest BCUT2D eigenvalue weighted by molar-refractivity contribution is 5.20. The lowest BCUT2D eigenvalue weighted by molar-refractivity contribution is 0.0765. The fourth-order valence-electron chi connectivity index (χ4n) is 0.646. The van der Waals surface area contributed by atoms with Crippen molar-refractivity contribution >= 4 is 5.95 Å². The maximum atomic E-state index is 11.7. The van der Waals surface area contributed by atoms with Crippen molar-refractivity contribution in [2.45, 2.75) is 6.43 Å². The third-order valence-corrected chi connectivity index (χ3v) is 1.13. The summed E-state index contributed by atoms with van der Waals surface area (Å²) < 4.78 is 32.6. The van der Waals surface area contributed by atoms with Crippen LogP contribution in [0.15, 0.2) is 0 Å². The first-order valence-corrected chi connectivity index (χ1v) is 3.58. The molecule has 2 N–H and O–H groups in total. The molecule has 0 unspecified atom stereocenters. The average molecular weight is 206 g/mol. The van der Waals surface area contributed by atoms with Crippen LogP contribution in [-0.2, 0) is 0 Å². The lowest BCUT2D eigenvalue weighted by Crippen LogP contribution is -2.11. The van der Waals surface area contributed by atoms with E-state index in [1.807, 2.05) is 0 Å². The Bertz CT molecular complexity index is 310. The Labute approximate surface area is 78.1 Å². The Kier molecular flexibility index (Phi) is 3.32. The number of halogens is 2. The molecule has 0 saturated heterocycles. The van der Waals surface area contributed by atoms with Crippen molar-refractivity contribution in [1.29, 1.82) is 0 Å². The topological polar surface area (TPSA) is 83.2 Å². The van der Waals surface area contributed by atoms with E-state index in [4.69, 9.17) is 5.73 Å². The minimum atomic E-state index is -2.60. The summed E-state index contributed by atoms with van der Waals surface area (Å²) in [7, 11) is 1.31. The van der Waals surface area contributed by atoms with Gasteiger partial charge in [0.05, 0.1) is 7.11 Å². The first kappa shape index (κ1) is 10.4. The van der Waals surface area contributed by atoms with Crippen LogP contribution in [0.2, 0.25) is 0 Å². The van der Waals surface area contributed by atoms with E-state index < -0.39 is 13.0 Å². The number of alkyl halides is 2. The summed E-state index contributed by atoms with van der Waals surface area (Å²) in [6, 6.07) is -0.364. The van der Waals surface area contributed by atoms with E-state index in [0.29, 0.717) is 0 Å². The molecule has 0 aliphatic carbocycles. The second kappa shape index (κ2) is 4.49. The number of anilines is 1. The molecular formula is C6H8F2N4O2. The predicted octanol–water partition coefficient (Wildman–Crippen LogP) is 0.106. The van der Waals surface area contributed by atoms with E-state index in [1.165, 1.54) is 7.11 Å². The first-order valence-electron chi connectivity index (χ1n) is 3.58. The molecule has 8 heteroatoms. The van der Waals surface area contributed by atoms with Crippen LogP contribution in [0.5, 0.6) is 12.0 Å². The van der Waals surface area contributed by atoms with Gasteiger partial charge in [0.15, 0.2) is 6.61 Å². The molecule has 0 radical (unpaired) electrons. The number of aromatic nitrogens is 3. The molecule has 0 atom stereocenters. The van der Waals surface area contributed by atoms with Gasteiger partial charge in [-0.15, -0.1) is 4.98 Å². The van der Waals surface area contributed by atoms with E-state index in [9.17, 15) is 8.78 Å². The fraction of sp³-hybridized carbons (Fsp3) is 0.500. The van der Waals surface area contributed by atoms with Gasteiger partial charge in [-0.25, -0.2) is 8.78 Å². The molecule has 78 valence electrons. The minimum absolute atomic E-state index is 0.0817. The number of nitrogens with zero attached hydrogens (tertiary/aromatic N) is 3. The molecule has 1 rings (SSSR count). The van der Waals surface area contributed by atoms with Crippen LogP contribution < -0.4 is 15.2 Å². The van der Waals surface area contributed by atoms with Crippen LogP contribution in [0.4, 0.5) is 14.7 Å². The fourth-order valence-corrected chi connectivity index (χ4v) is 0.646. The van der Waals surface area contributed by atoms with Gasteiger partial charge in [0.25, 0.3) is 6.43 Å². The van der Waals surface area contributed by atoms with Gasteiger partial charge in [0.1, 0.15) is 0 Å². The van der Waals surface area contributed by atoms with Crippen LogP contribution in [0, 0.1) is 0 Å². The number of ether oxygens (including phenoxy) is 2. The molecule has 0 bridgehead atoms. The Balaban J connectivity index is 2.71. The molecular weight excluding hydrogens is 198 g/mol. The van der Waals surface area contributed by atoms with Gasteiger partial charge in [-0.05, 0) is 0 Å². The second-order valence-corrected chi connectivity index (χ2v) is 2.16. The number of hydrogen-bond donors (Lipinski definition) is 1. The van der Waals surface area contributed by atoms with Crippen molar-refractivity contribution in [2.24, 2.45) is 0 Å². The normalized spacial score (nSPS) is 10.3. The zero-order valence-electron chi connectivity index (χ0n) is 7.28. The monoisotopic (exact) mass is 206 g/mol. The Morgan fingerprint density at radius 1 is 1.29 bits per heavy atom. The van der Waals surface area contributed by atoms with Crippen molar-refractivity contribution in [3.8, 4) is 12.0 Å². The van der Waals surface area contributed by atoms with Gasteiger partial charge >= 0.3 is 12.0 Å².